The van der Waals surface area contributed by atoms with Gasteiger partial charge in [-0.2, -0.15) is 0 Å². The molecule has 126 valence electrons. The van der Waals surface area contributed by atoms with E-state index >= 15 is 0 Å². The van der Waals surface area contributed by atoms with Crippen LogP contribution in [0.4, 0.5) is 5.82 Å². The number of aliphatic imine (C=N–C) groups is 1. The van der Waals surface area contributed by atoms with Crippen LogP contribution in [0.2, 0.25) is 0 Å². The van der Waals surface area contributed by atoms with Crippen LogP contribution in [0.1, 0.15) is 5.56 Å². The van der Waals surface area contributed by atoms with Gasteiger partial charge in [-0.05, 0) is 18.2 Å². The van der Waals surface area contributed by atoms with Crippen LogP contribution in [0.5, 0.6) is 0 Å². The molecule has 0 aliphatic rings. The summed E-state index contributed by atoms with van der Waals surface area (Å²) in [6, 6.07) is 0. The molecule has 0 N–H and O–H groups in total. The Morgan fingerprint density at radius 1 is 0.840 bits per heavy atom. The molecule has 0 radical (unpaired) electrons. The van der Waals surface area contributed by atoms with Crippen molar-refractivity contribution < 1.29 is 0 Å². The first kappa shape index (κ1) is 19.7. The van der Waals surface area contributed by atoms with Gasteiger partial charge in [0.2, 0.25) is 0 Å². The Morgan fingerprint density at radius 2 is 1.56 bits per heavy atom. The summed E-state index contributed by atoms with van der Waals surface area (Å²) in [4.78, 5) is 4.56. The van der Waals surface area contributed by atoms with Gasteiger partial charge in [0.25, 0.3) is 0 Å². The van der Waals surface area contributed by atoms with Gasteiger partial charge < -0.3 is 0 Å². The molecular formula is C23H24N2. The zero-order valence-electron chi connectivity index (χ0n) is 14.6. The SMILES string of the molecule is C=CC=Nc1c(C=C)c(=C/C=C)/c(=C\C=C)n1C(/C=C\C=C)=C/C=C. The molecule has 25 heavy (non-hydrogen) atoms. The molecule has 0 fully saturated rings. The Balaban J connectivity index is 4.19. The largest absolute Gasteiger partial charge is 0.294 e. The van der Waals surface area contributed by atoms with Crippen molar-refractivity contribution in [1.82, 2.24) is 4.57 Å². The van der Waals surface area contributed by atoms with Crippen molar-refractivity contribution in [3.8, 4) is 0 Å². The van der Waals surface area contributed by atoms with Crippen LogP contribution < -0.4 is 10.6 Å². The maximum absolute atomic E-state index is 4.56. The molecule has 0 saturated carbocycles. The second-order valence-electron chi connectivity index (χ2n) is 4.82. The average molecular weight is 328 g/mol. The fraction of sp³-hybridized carbons (Fsp3) is 0. The summed E-state index contributed by atoms with van der Waals surface area (Å²) in [6.45, 7) is 22.8. The smallest absolute Gasteiger partial charge is 0.145 e. The summed E-state index contributed by atoms with van der Waals surface area (Å²) in [5.41, 5.74) is 1.78. The lowest BCUT2D eigenvalue weighted by Gasteiger charge is -2.08. The van der Waals surface area contributed by atoms with E-state index in [0.717, 1.165) is 27.6 Å². The predicted molar refractivity (Wildman–Crippen MR) is 115 cm³/mol. The lowest BCUT2D eigenvalue weighted by molar-refractivity contribution is 1.06. The standard InChI is InChI=1S/C23H24N2/c1-7-13-17-19(14-8-2)25-22(16-10-4)21(15-9-3)20(12-6)23(25)24-18-11-5/h7-18H,1-6H2/b17-13-,19-14+,21-15-,22-16+,24-18?. The van der Waals surface area contributed by atoms with Crippen LogP contribution >= 0.6 is 0 Å². The van der Waals surface area contributed by atoms with E-state index in [1.165, 1.54) is 0 Å². The molecule has 0 aliphatic carbocycles. The molecule has 1 rings (SSSR count). The van der Waals surface area contributed by atoms with Gasteiger partial charge in [0.05, 0.1) is 5.35 Å². The highest BCUT2D eigenvalue weighted by Gasteiger charge is 2.13. The molecule has 2 nitrogen and oxygen atoms in total. The van der Waals surface area contributed by atoms with Crippen molar-refractivity contribution in [2.24, 2.45) is 4.99 Å². The maximum atomic E-state index is 4.56. The van der Waals surface area contributed by atoms with Gasteiger partial charge >= 0.3 is 0 Å². The van der Waals surface area contributed by atoms with Crippen molar-refractivity contribution in [1.29, 1.82) is 0 Å². The molecule has 1 heterocycles. The van der Waals surface area contributed by atoms with Crippen molar-refractivity contribution in [3.05, 3.63) is 104 Å². The van der Waals surface area contributed by atoms with Gasteiger partial charge in [0, 0.05) is 22.7 Å². The van der Waals surface area contributed by atoms with Gasteiger partial charge in [-0.3, -0.25) is 4.57 Å². The summed E-state index contributed by atoms with van der Waals surface area (Å²) >= 11 is 0. The predicted octanol–water partition coefficient (Wildman–Crippen LogP) is 4.72. The van der Waals surface area contributed by atoms with E-state index in [1.54, 1.807) is 42.7 Å². The van der Waals surface area contributed by atoms with Crippen molar-refractivity contribution in [2.45, 2.75) is 0 Å². The van der Waals surface area contributed by atoms with Gasteiger partial charge in [-0.15, -0.1) is 0 Å². The molecular weight excluding hydrogens is 304 g/mol. The third-order valence-corrected chi connectivity index (χ3v) is 3.28. The zero-order chi connectivity index (χ0) is 18.7. The van der Waals surface area contributed by atoms with E-state index in [9.17, 15) is 0 Å². The van der Waals surface area contributed by atoms with Gasteiger partial charge in [-0.1, -0.05) is 88.1 Å². The number of hydrogen-bond donors (Lipinski definition) is 0. The first-order valence-electron chi connectivity index (χ1n) is 7.80. The van der Waals surface area contributed by atoms with Gasteiger partial charge in [0.15, 0.2) is 0 Å². The summed E-state index contributed by atoms with van der Waals surface area (Å²) in [7, 11) is 0. The number of nitrogens with zero attached hydrogens (tertiary/aromatic N) is 2. The summed E-state index contributed by atoms with van der Waals surface area (Å²) in [5, 5.41) is 1.88. The van der Waals surface area contributed by atoms with E-state index in [0.29, 0.717) is 0 Å². The van der Waals surface area contributed by atoms with Crippen LogP contribution in [-0.4, -0.2) is 10.8 Å². The molecule has 1 aromatic rings. The quantitative estimate of drug-likeness (QED) is 0.461. The molecule has 0 unspecified atom stereocenters. The van der Waals surface area contributed by atoms with Crippen LogP contribution in [0, 0.1) is 0 Å². The Morgan fingerprint density at radius 3 is 2.08 bits per heavy atom. The normalized spacial score (nSPS) is 13.4. The molecule has 0 atom stereocenters. The van der Waals surface area contributed by atoms with Gasteiger partial charge in [-0.25, -0.2) is 4.99 Å². The highest BCUT2D eigenvalue weighted by molar-refractivity contribution is 5.79. The van der Waals surface area contributed by atoms with E-state index in [2.05, 4.69) is 44.5 Å². The highest BCUT2D eigenvalue weighted by Crippen LogP contribution is 2.21. The van der Waals surface area contributed by atoms with Gasteiger partial charge in [0.1, 0.15) is 5.82 Å². The lowest BCUT2D eigenvalue weighted by Crippen LogP contribution is -2.29. The summed E-state index contributed by atoms with van der Waals surface area (Å²) < 4.78 is 2.01. The van der Waals surface area contributed by atoms with Crippen molar-refractivity contribution in [2.75, 3.05) is 0 Å². The topological polar surface area (TPSA) is 17.3 Å². The molecule has 0 saturated heterocycles. The Hall–Kier alpha value is -3.39. The van der Waals surface area contributed by atoms with E-state index < -0.39 is 0 Å². The molecule has 0 aliphatic heterocycles. The van der Waals surface area contributed by atoms with E-state index in [4.69, 9.17) is 0 Å². The maximum Gasteiger partial charge on any atom is 0.145 e. The van der Waals surface area contributed by atoms with Crippen LogP contribution in [-0.2, 0) is 0 Å². The van der Waals surface area contributed by atoms with Crippen LogP contribution in [0.3, 0.4) is 0 Å². The molecule has 0 spiro atoms. The first-order chi connectivity index (χ1) is 12.2. The first-order valence-corrected chi connectivity index (χ1v) is 7.80. The van der Waals surface area contributed by atoms with Crippen LogP contribution in [0.25, 0.3) is 23.9 Å². The Kier molecular flexibility index (Phi) is 8.17. The third kappa shape index (κ3) is 4.55. The fourth-order valence-electron chi connectivity index (χ4n) is 2.39. The Labute approximate surface area is 150 Å². The minimum absolute atomic E-state index is 0.734. The summed E-state index contributed by atoms with van der Waals surface area (Å²) in [5.74, 6) is 0.734. The molecule has 0 bridgehead atoms. The summed E-state index contributed by atoms with van der Waals surface area (Å²) in [6.07, 6.45) is 21.5. The molecule has 0 amide bonds. The molecule has 0 aromatic carbocycles. The lowest BCUT2D eigenvalue weighted by atomic mass is 10.2. The second kappa shape index (κ2) is 10.4. The van der Waals surface area contributed by atoms with E-state index in [1.807, 2.05) is 34.9 Å². The highest BCUT2D eigenvalue weighted by atomic mass is 15.1. The number of aromatic nitrogens is 1. The minimum Gasteiger partial charge on any atom is -0.294 e. The number of hydrogen-bond acceptors (Lipinski definition) is 1. The monoisotopic (exact) mass is 328 g/mol. The second-order valence-corrected chi connectivity index (χ2v) is 4.82. The Bertz CT molecular complexity index is 897. The number of allylic oxidation sites excluding steroid dienone is 9. The third-order valence-electron chi connectivity index (χ3n) is 3.28. The zero-order valence-corrected chi connectivity index (χ0v) is 14.6. The van der Waals surface area contributed by atoms with Crippen molar-refractivity contribution >= 4 is 36.0 Å². The minimum atomic E-state index is 0.734. The van der Waals surface area contributed by atoms with Crippen molar-refractivity contribution in [3.63, 3.8) is 0 Å². The molecule has 2 heteroatoms. The number of rotatable bonds is 9. The fourth-order valence-corrected chi connectivity index (χ4v) is 2.39. The van der Waals surface area contributed by atoms with Crippen LogP contribution in [0.15, 0.2) is 93.1 Å². The van der Waals surface area contributed by atoms with E-state index in [-0.39, 0.29) is 0 Å². The molecule has 1 aromatic heterocycles. The average Bonchev–Trinajstić information content (AvgIpc) is 2.90.